The first-order valence-electron chi connectivity index (χ1n) is 6.15. The van der Waals surface area contributed by atoms with Crippen LogP contribution in [-0.4, -0.2) is 17.0 Å². The summed E-state index contributed by atoms with van der Waals surface area (Å²) in [4.78, 5) is 11.6. The van der Waals surface area contributed by atoms with E-state index in [1.807, 2.05) is 6.92 Å². The van der Waals surface area contributed by atoms with E-state index in [2.05, 4.69) is 0 Å². The normalized spacial score (nSPS) is 21.1. The van der Waals surface area contributed by atoms with Gasteiger partial charge in [-0.3, -0.25) is 4.79 Å². The minimum Gasteiger partial charge on any atom is -0.481 e. The number of aliphatic carboxylic acids is 1. The lowest BCUT2D eigenvalue weighted by Crippen LogP contribution is -2.43. The Morgan fingerprint density at radius 2 is 1.84 bits per heavy atom. The quantitative estimate of drug-likeness (QED) is 0.886. The highest BCUT2D eigenvalue weighted by atomic mass is 35.5. The van der Waals surface area contributed by atoms with E-state index in [1.54, 1.807) is 18.2 Å². The highest BCUT2D eigenvalue weighted by Crippen LogP contribution is 2.47. The lowest BCUT2D eigenvalue weighted by atomic mass is 9.68. The fourth-order valence-electron chi connectivity index (χ4n) is 2.65. The minimum atomic E-state index is -2.77. The molecule has 19 heavy (non-hydrogen) atoms. The van der Waals surface area contributed by atoms with Crippen LogP contribution in [-0.2, 0) is 10.2 Å². The zero-order valence-corrected chi connectivity index (χ0v) is 11.3. The molecule has 0 saturated heterocycles. The van der Waals surface area contributed by atoms with Gasteiger partial charge in [-0.05, 0) is 31.4 Å². The van der Waals surface area contributed by atoms with Gasteiger partial charge in [0.25, 0.3) is 0 Å². The average molecular weight is 289 g/mol. The Morgan fingerprint density at radius 1 is 1.26 bits per heavy atom. The molecule has 0 unspecified atom stereocenters. The molecule has 0 radical (unpaired) electrons. The van der Waals surface area contributed by atoms with Crippen molar-refractivity contribution in [2.24, 2.45) is 0 Å². The smallest absolute Gasteiger partial charge is 0.314 e. The number of carbonyl (C=O) groups is 1. The van der Waals surface area contributed by atoms with Crippen LogP contribution in [0.3, 0.4) is 0 Å². The molecule has 5 heteroatoms. The first-order chi connectivity index (χ1) is 8.77. The summed E-state index contributed by atoms with van der Waals surface area (Å²) in [7, 11) is 0. The summed E-state index contributed by atoms with van der Waals surface area (Å²) < 4.78 is 26.6. The highest BCUT2D eigenvalue weighted by Gasteiger charge is 2.49. The van der Waals surface area contributed by atoms with E-state index in [1.165, 1.54) is 0 Å². The summed E-state index contributed by atoms with van der Waals surface area (Å²) >= 11 is 6.08. The Hall–Kier alpha value is -1.16. The molecule has 1 aromatic rings. The lowest BCUT2D eigenvalue weighted by molar-refractivity contribution is -0.149. The highest BCUT2D eigenvalue weighted by molar-refractivity contribution is 6.31. The Bertz CT molecular complexity index is 504. The molecule has 1 aromatic carbocycles. The maximum atomic E-state index is 13.3. The van der Waals surface area contributed by atoms with Crippen molar-refractivity contribution in [2.45, 2.75) is 43.9 Å². The van der Waals surface area contributed by atoms with Crippen molar-refractivity contribution < 1.29 is 18.7 Å². The van der Waals surface area contributed by atoms with Crippen molar-refractivity contribution in [3.8, 4) is 0 Å². The van der Waals surface area contributed by atoms with Crippen molar-refractivity contribution in [3.05, 3.63) is 34.3 Å². The Balaban J connectivity index is 2.47. The fraction of sp³-hybridized carbons (Fsp3) is 0.500. The molecule has 0 spiro atoms. The molecule has 1 N–H and O–H groups in total. The van der Waals surface area contributed by atoms with Gasteiger partial charge < -0.3 is 5.11 Å². The zero-order valence-electron chi connectivity index (χ0n) is 10.5. The van der Waals surface area contributed by atoms with Gasteiger partial charge in [0.2, 0.25) is 5.92 Å². The maximum absolute atomic E-state index is 13.3. The van der Waals surface area contributed by atoms with Gasteiger partial charge in [0, 0.05) is 17.9 Å². The number of rotatable bonds is 2. The number of benzene rings is 1. The number of alkyl halides is 2. The second-order valence-electron chi connectivity index (χ2n) is 5.23. The van der Waals surface area contributed by atoms with E-state index in [-0.39, 0.29) is 12.8 Å². The number of carboxylic acid groups (broad SMARTS) is 1. The van der Waals surface area contributed by atoms with Crippen LogP contribution < -0.4 is 0 Å². The summed E-state index contributed by atoms with van der Waals surface area (Å²) in [6.07, 6.45) is -0.996. The first-order valence-corrected chi connectivity index (χ1v) is 6.52. The molecule has 1 aliphatic rings. The SMILES string of the molecule is Cc1ccc(Cl)c(C2(C(=O)O)CCC(F)(F)CC2)c1. The van der Waals surface area contributed by atoms with E-state index in [9.17, 15) is 18.7 Å². The monoisotopic (exact) mass is 288 g/mol. The van der Waals surface area contributed by atoms with Gasteiger partial charge in [-0.25, -0.2) is 8.78 Å². The summed E-state index contributed by atoms with van der Waals surface area (Å²) in [6, 6.07) is 5.10. The van der Waals surface area contributed by atoms with Gasteiger partial charge in [0.1, 0.15) is 0 Å². The first kappa shape index (κ1) is 14.3. The van der Waals surface area contributed by atoms with Crippen molar-refractivity contribution >= 4 is 17.6 Å². The third-order valence-electron chi connectivity index (χ3n) is 3.88. The van der Waals surface area contributed by atoms with Gasteiger partial charge in [-0.15, -0.1) is 0 Å². The van der Waals surface area contributed by atoms with Crippen LogP contribution in [0.25, 0.3) is 0 Å². The van der Waals surface area contributed by atoms with Gasteiger partial charge in [-0.1, -0.05) is 29.3 Å². The van der Waals surface area contributed by atoms with E-state index in [0.717, 1.165) is 5.56 Å². The number of halogens is 3. The van der Waals surface area contributed by atoms with E-state index < -0.39 is 30.1 Å². The molecule has 1 saturated carbocycles. The third kappa shape index (κ3) is 2.59. The molecule has 1 fully saturated rings. The average Bonchev–Trinajstić information content (AvgIpc) is 2.33. The van der Waals surface area contributed by atoms with Crippen molar-refractivity contribution in [1.29, 1.82) is 0 Å². The Labute approximate surface area is 115 Å². The van der Waals surface area contributed by atoms with Crippen LogP contribution in [0.4, 0.5) is 8.78 Å². The minimum absolute atomic E-state index is 0.0848. The second kappa shape index (κ2) is 4.75. The zero-order chi connectivity index (χ0) is 14.3. The standard InChI is InChI=1S/C14H15ClF2O2/c1-9-2-3-11(15)10(8-9)13(12(18)19)4-6-14(16,17)7-5-13/h2-3,8H,4-7H2,1H3,(H,18,19). The molecule has 1 aliphatic carbocycles. The number of aryl methyl sites for hydroxylation is 1. The lowest BCUT2D eigenvalue weighted by Gasteiger charge is -2.37. The van der Waals surface area contributed by atoms with Crippen molar-refractivity contribution in [3.63, 3.8) is 0 Å². The topological polar surface area (TPSA) is 37.3 Å². The predicted octanol–water partition coefficient (Wildman–Crippen LogP) is 4.18. The fourth-order valence-corrected chi connectivity index (χ4v) is 2.95. The molecule has 2 nitrogen and oxygen atoms in total. The molecule has 0 aliphatic heterocycles. The van der Waals surface area contributed by atoms with E-state index in [0.29, 0.717) is 10.6 Å². The molecule has 0 amide bonds. The molecule has 0 aromatic heterocycles. The number of hydrogen-bond donors (Lipinski definition) is 1. The third-order valence-corrected chi connectivity index (χ3v) is 4.21. The predicted molar refractivity (Wildman–Crippen MR) is 68.9 cm³/mol. The molecule has 104 valence electrons. The van der Waals surface area contributed by atoms with Crippen LogP contribution in [0.2, 0.25) is 5.02 Å². The number of hydrogen-bond acceptors (Lipinski definition) is 1. The molecule has 0 atom stereocenters. The largest absolute Gasteiger partial charge is 0.481 e. The molecule has 0 bridgehead atoms. The van der Waals surface area contributed by atoms with Gasteiger partial charge in [-0.2, -0.15) is 0 Å². The van der Waals surface area contributed by atoms with Crippen LogP contribution in [0.15, 0.2) is 18.2 Å². The summed E-state index contributed by atoms with van der Waals surface area (Å²) in [6.45, 7) is 1.83. The van der Waals surface area contributed by atoms with Crippen LogP contribution in [0.1, 0.15) is 36.8 Å². The summed E-state index contributed by atoms with van der Waals surface area (Å²) in [5.74, 6) is -3.84. The van der Waals surface area contributed by atoms with Gasteiger partial charge >= 0.3 is 5.97 Å². The van der Waals surface area contributed by atoms with Gasteiger partial charge in [0.15, 0.2) is 0 Å². The van der Waals surface area contributed by atoms with Crippen LogP contribution in [0.5, 0.6) is 0 Å². The van der Waals surface area contributed by atoms with E-state index in [4.69, 9.17) is 11.6 Å². The Kier molecular flexibility index (Phi) is 3.56. The van der Waals surface area contributed by atoms with Crippen molar-refractivity contribution in [1.82, 2.24) is 0 Å². The molecule has 2 rings (SSSR count). The number of carboxylic acids is 1. The van der Waals surface area contributed by atoms with Crippen LogP contribution >= 0.6 is 11.6 Å². The van der Waals surface area contributed by atoms with Crippen molar-refractivity contribution in [2.75, 3.05) is 0 Å². The summed E-state index contributed by atoms with van der Waals surface area (Å²) in [5, 5.41) is 9.86. The van der Waals surface area contributed by atoms with Crippen LogP contribution in [0, 0.1) is 6.92 Å². The molecule has 0 heterocycles. The Morgan fingerprint density at radius 3 is 2.37 bits per heavy atom. The van der Waals surface area contributed by atoms with E-state index >= 15 is 0 Å². The summed E-state index contributed by atoms with van der Waals surface area (Å²) in [5.41, 5.74) is 0.0413. The molecular weight excluding hydrogens is 274 g/mol. The molecular formula is C14H15ClF2O2. The van der Waals surface area contributed by atoms with Gasteiger partial charge in [0.05, 0.1) is 5.41 Å². The maximum Gasteiger partial charge on any atom is 0.314 e. The second-order valence-corrected chi connectivity index (χ2v) is 5.63.